The van der Waals surface area contributed by atoms with Crippen molar-refractivity contribution in [1.29, 1.82) is 0 Å². The van der Waals surface area contributed by atoms with Crippen LogP contribution in [0.4, 0.5) is 5.69 Å². The van der Waals surface area contributed by atoms with Gasteiger partial charge in [-0.1, -0.05) is 36.1 Å². The molecule has 0 aliphatic carbocycles. The summed E-state index contributed by atoms with van der Waals surface area (Å²) in [5.74, 6) is 6.33. The summed E-state index contributed by atoms with van der Waals surface area (Å²) in [4.78, 5) is 1.11. The summed E-state index contributed by atoms with van der Waals surface area (Å²) in [6.45, 7) is 2.06. The maximum absolute atomic E-state index is 3.34. The molecule has 0 spiro atoms. The summed E-state index contributed by atoms with van der Waals surface area (Å²) in [6.07, 6.45) is 0. The van der Waals surface area contributed by atoms with E-state index >= 15 is 0 Å². The van der Waals surface area contributed by atoms with Crippen LogP contribution in [0.25, 0.3) is 0 Å². The number of para-hydroxylation sites is 1. The third-order valence-electron chi connectivity index (χ3n) is 2.09. The quantitative estimate of drug-likeness (QED) is 0.773. The summed E-state index contributed by atoms with van der Waals surface area (Å²) in [5, 5.41) is 5.38. The van der Waals surface area contributed by atoms with Crippen LogP contribution in [0.3, 0.4) is 0 Å². The van der Waals surface area contributed by atoms with E-state index in [1.165, 1.54) is 0 Å². The molecule has 0 saturated carbocycles. The van der Waals surface area contributed by atoms with Crippen LogP contribution in [0.1, 0.15) is 11.8 Å². The Morgan fingerprint density at radius 2 is 1.94 bits per heavy atom. The molecule has 1 nitrogen and oxygen atoms in total. The van der Waals surface area contributed by atoms with Gasteiger partial charge in [0.25, 0.3) is 0 Å². The van der Waals surface area contributed by atoms with Gasteiger partial charge in [-0.15, -0.1) is 11.3 Å². The Kier molecular flexibility index (Phi) is 3.63. The molecular weight excluding hydrogens is 214 g/mol. The Hall–Kier alpha value is -1.72. The van der Waals surface area contributed by atoms with Crippen LogP contribution >= 0.6 is 11.3 Å². The van der Waals surface area contributed by atoms with Crippen LogP contribution in [0.15, 0.2) is 47.8 Å². The smallest absolute Gasteiger partial charge is 0.0852 e. The van der Waals surface area contributed by atoms with E-state index in [0.29, 0.717) is 0 Å². The summed E-state index contributed by atoms with van der Waals surface area (Å²) >= 11 is 1.67. The maximum atomic E-state index is 3.34. The zero-order valence-corrected chi connectivity index (χ0v) is 9.92. The average Bonchev–Trinajstić information content (AvgIpc) is 2.81. The van der Waals surface area contributed by atoms with Crippen LogP contribution < -0.4 is 5.32 Å². The lowest BCUT2D eigenvalue weighted by molar-refractivity contribution is 1.03. The molecule has 16 heavy (non-hydrogen) atoms. The Balaban J connectivity index is 1.97. The van der Waals surface area contributed by atoms with Gasteiger partial charge in [0.15, 0.2) is 0 Å². The molecule has 0 unspecified atom stereocenters. The van der Waals surface area contributed by atoms with E-state index in [-0.39, 0.29) is 6.04 Å². The standard InChI is InChI=1S/C14H13NS/c1-12(9-10-14-8-5-11-16-14)15-13-6-3-2-4-7-13/h2-8,11-12,15H,1H3/t12-/m1/s1. The van der Waals surface area contributed by atoms with E-state index in [9.17, 15) is 0 Å². The Labute approximate surface area is 100 Å². The fourth-order valence-corrected chi connectivity index (χ4v) is 1.93. The molecule has 0 amide bonds. The van der Waals surface area contributed by atoms with Crippen molar-refractivity contribution in [2.75, 3.05) is 5.32 Å². The number of anilines is 1. The lowest BCUT2D eigenvalue weighted by Crippen LogP contribution is -2.11. The number of benzene rings is 1. The van der Waals surface area contributed by atoms with Crippen LogP contribution in [-0.2, 0) is 0 Å². The molecular formula is C14H13NS. The zero-order chi connectivity index (χ0) is 11.2. The molecule has 2 aromatic rings. The van der Waals surface area contributed by atoms with Gasteiger partial charge in [0.05, 0.1) is 10.9 Å². The molecule has 80 valence electrons. The molecule has 0 aliphatic heterocycles. The average molecular weight is 227 g/mol. The van der Waals surface area contributed by atoms with Gasteiger partial charge >= 0.3 is 0 Å². The Morgan fingerprint density at radius 3 is 2.62 bits per heavy atom. The highest BCUT2D eigenvalue weighted by molar-refractivity contribution is 7.10. The molecule has 2 heteroatoms. The van der Waals surface area contributed by atoms with E-state index in [2.05, 4.69) is 24.1 Å². The second kappa shape index (κ2) is 5.39. The lowest BCUT2D eigenvalue weighted by atomic mass is 10.2. The van der Waals surface area contributed by atoms with Gasteiger partial charge < -0.3 is 5.32 Å². The van der Waals surface area contributed by atoms with Crippen LogP contribution in [0, 0.1) is 11.8 Å². The first-order chi connectivity index (χ1) is 7.84. The van der Waals surface area contributed by atoms with Crippen molar-refractivity contribution in [2.24, 2.45) is 0 Å². The minimum absolute atomic E-state index is 0.157. The minimum Gasteiger partial charge on any atom is -0.372 e. The van der Waals surface area contributed by atoms with Crippen LogP contribution in [0.2, 0.25) is 0 Å². The normalized spacial score (nSPS) is 11.3. The second-order valence-corrected chi connectivity index (χ2v) is 4.43. The first-order valence-corrected chi connectivity index (χ1v) is 6.09. The topological polar surface area (TPSA) is 12.0 Å². The van der Waals surface area contributed by atoms with Gasteiger partial charge in [-0.25, -0.2) is 0 Å². The first kappa shape index (κ1) is 10.8. The van der Waals surface area contributed by atoms with Crippen molar-refractivity contribution in [3.8, 4) is 11.8 Å². The zero-order valence-electron chi connectivity index (χ0n) is 9.10. The van der Waals surface area contributed by atoms with Gasteiger partial charge in [-0.05, 0) is 30.5 Å². The lowest BCUT2D eigenvalue weighted by Gasteiger charge is -2.08. The van der Waals surface area contributed by atoms with Gasteiger partial charge in [-0.3, -0.25) is 0 Å². The molecule has 1 aromatic carbocycles. The highest BCUT2D eigenvalue weighted by Gasteiger charge is 1.95. The van der Waals surface area contributed by atoms with Crippen molar-refractivity contribution in [1.82, 2.24) is 0 Å². The summed E-state index contributed by atoms with van der Waals surface area (Å²) in [5.41, 5.74) is 1.11. The molecule has 0 bridgehead atoms. The first-order valence-electron chi connectivity index (χ1n) is 5.21. The van der Waals surface area contributed by atoms with E-state index < -0.39 is 0 Å². The number of hydrogen-bond donors (Lipinski definition) is 1. The molecule has 0 radical (unpaired) electrons. The maximum Gasteiger partial charge on any atom is 0.0852 e. The van der Waals surface area contributed by atoms with Crippen molar-refractivity contribution in [3.63, 3.8) is 0 Å². The largest absolute Gasteiger partial charge is 0.372 e. The summed E-state index contributed by atoms with van der Waals surface area (Å²) in [6, 6.07) is 14.3. The predicted molar refractivity (Wildman–Crippen MR) is 70.7 cm³/mol. The Morgan fingerprint density at radius 1 is 1.12 bits per heavy atom. The highest BCUT2D eigenvalue weighted by Crippen LogP contribution is 2.08. The number of nitrogens with one attached hydrogen (secondary N) is 1. The molecule has 1 N–H and O–H groups in total. The van der Waals surface area contributed by atoms with E-state index in [1.54, 1.807) is 11.3 Å². The van der Waals surface area contributed by atoms with E-state index in [4.69, 9.17) is 0 Å². The molecule has 1 atom stereocenters. The second-order valence-electron chi connectivity index (χ2n) is 3.48. The van der Waals surface area contributed by atoms with E-state index in [1.807, 2.05) is 47.8 Å². The van der Waals surface area contributed by atoms with Crippen molar-refractivity contribution < 1.29 is 0 Å². The third-order valence-corrected chi connectivity index (χ3v) is 2.88. The van der Waals surface area contributed by atoms with Crippen molar-refractivity contribution in [3.05, 3.63) is 52.7 Å². The minimum atomic E-state index is 0.157. The summed E-state index contributed by atoms with van der Waals surface area (Å²) in [7, 11) is 0. The number of hydrogen-bond acceptors (Lipinski definition) is 2. The van der Waals surface area contributed by atoms with Gasteiger partial charge in [-0.2, -0.15) is 0 Å². The third kappa shape index (κ3) is 3.15. The molecule has 0 fully saturated rings. The number of rotatable bonds is 2. The van der Waals surface area contributed by atoms with Crippen molar-refractivity contribution >= 4 is 17.0 Å². The van der Waals surface area contributed by atoms with Crippen LogP contribution in [0.5, 0.6) is 0 Å². The van der Waals surface area contributed by atoms with Crippen molar-refractivity contribution in [2.45, 2.75) is 13.0 Å². The van der Waals surface area contributed by atoms with Gasteiger partial charge in [0, 0.05) is 5.69 Å². The Bertz CT molecular complexity index is 476. The number of thiophene rings is 1. The fraction of sp³-hybridized carbons (Fsp3) is 0.143. The predicted octanol–water partition coefficient (Wildman–Crippen LogP) is 3.60. The molecule has 1 heterocycles. The van der Waals surface area contributed by atoms with Crippen LogP contribution in [-0.4, -0.2) is 6.04 Å². The molecule has 1 aromatic heterocycles. The SMILES string of the molecule is C[C@H](C#Cc1cccs1)Nc1ccccc1. The highest BCUT2D eigenvalue weighted by atomic mass is 32.1. The molecule has 2 rings (SSSR count). The summed E-state index contributed by atoms with van der Waals surface area (Å²) < 4.78 is 0. The van der Waals surface area contributed by atoms with E-state index in [0.717, 1.165) is 10.6 Å². The molecule has 0 saturated heterocycles. The monoisotopic (exact) mass is 227 g/mol. The van der Waals surface area contributed by atoms with Gasteiger partial charge in [0.2, 0.25) is 0 Å². The fourth-order valence-electron chi connectivity index (χ4n) is 1.35. The van der Waals surface area contributed by atoms with Gasteiger partial charge in [0.1, 0.15) is 0 Å². The molecule has 0 aliphatic rings.